The Morgan fingerprint density at radius 1 is 1.10 bits per heavy atom. The van der Waals surface area contributed by atoms with Gasteiger partial charge in [-0.1, -0.05) is 11.6 Å². The van der Waals surface area contributed by atoms with Gasteiger partial charge in [-0.25, -0.2) is 8.42 Å². The van der Waals surface area contributed by atoms with E-state index in [1.807, 2.05) is 0 Å². The number of nitrogens with zero attached hydrogens (tertiary/aromatic N) is 2. The first-order valence-electron chi connectivity index (χ1n) is 9.42. The Hall–Kier alpha value is -2.62. The van der Waals surface area contributed by atoms with E-state index in [9.17, 15) is 18.0 Å². The van der Waals surface area contributed by atoms with Gasteiger partial charge in [-0.05, 0) is 49.4 Å². The van der Waals surface area contributed by atoms with Gasteiger partial charge in [0, 0.05) is 36.8 Å². The number of hydrogen-bond donors (Lipinski definition) is 1. The van der Waals surface area contributed by atoms with Crippen LogP contribution in [0.25, 0.3) is 0 Å². The molecule has 1 unspecified atom stereocenters. The zero-order valence-corrected chi connectivity index (χ0v) is 17.7. The molecule has 4 rings (SSSR count). The van der Waals surface area contributed by atoms with Crippen LogP contribution in [-0.4, -0.2) is 61.7 Å². The molecule has 158 valence electrons. The summed E-state index contributed by atoms with van der Waals surface area (Å²) >= 11 is 5.86. The van der Waals surface area contributed by atoms with E-state index in [-0.39, 0.29) is 42.9 Å². The van der Waals surface area contributed by atoms with Gasteiger partial charge in [-0.15, -0.1) is 0 Å². The Bertz CT molecular complexity index is 1100. The predicted octanol–water partition coefficient (Wildman–Crippen LogP) is 2.21. The van der Waals surface area contributed by atoms with Crippen molar-refractivity contribution in [2.24, 2.45) is 0 Å². The van der Waals surface area contributed by atoms with Crippen molar-refractivity contribution in [3.8, 4) is 5.75 Å². The summed E-state index contributed by atoms with van der Waals surface area (Å²) in [4.78, 5) is 26.1. The van der Waals surface area contributed by atoms with Gasteiger partial charge in [0.15, 0.2) is 6.10 Å². The summed E-state index contributed by atoms with van der Waals surface area (Å²) in [7, 11) is -3.77. The number of amides is 2. The maximum absolute atomic E-state index is 13.1. The highest BCUT2D eigenvalue weighted by molar-refractivity contribution is 7.89. The quantitative estimate of drug-likeness (QED) is 0.775. The maximum Gasteiger partial charge on any atom is 0.265 e. The maximum atomic E-state index is 13.1. The molecule has 0 spiro atoms. The third-order valence-electron chi connectivity index (χ3n) is 5.14. The molecule has 30 heavy (non-hydrogen) atoms. The zero-order valence-electron chi connectivity index (χ0n) is 16.2. The first kappa shape index (κ1) is 20.6. The zero-order chi connectivity index (χ0) is 21.5. The van der Waals surface area contributed by atoms with Gasteiger partial charge in [0.2, 0.25) is 10.0 Å². The van der Waals surface area contributed by atoms with E-state index in [0.29, 0.717) is 22.0 Å². The first-order valence-corrected chi connectivity index (χ1v) is 11.2. The van der Waals surface area contributed by atoms with E-state index in [0.717, 1.165) is 0 Å². The second kappa shape index (κ2) is 7.90. The molecule has 2 aromatic carbocycles. The standard InChI is InChI=1S/C20H20ClN3O5S/c1-13-19(25)22-17-12-16(6-7-18(17)29-13)30(27,28)24-10-8-23(9-11-24)20(26)14-2-4-15(21)5-3-14/h2-7,12-13H,8-11H2,1H3,(H,22,25). The molecule has 0 aromatic heterocycles. The number of carbonyl (C=O) groups is 2. The van der Waals surface area contributed by atoms with Crippen LogP contribution in [0.15, 0.2) is 47.4 Å². The van der Waals surface area contributed by atoms with E-state index in [1.165, 1.54) is 16.4 Å². The normalized spacial score (nSPS) is 19.6. The van der Waals surface area contributed by atoms with E-state index in [1.54, 1.807) is 42.2 Å². The molecule has 1 N–H and O–H groups in total. The van der Waals surface area contributed by atoms with Crippen LogP contribution in [0, 0.1) is 0 Å². The molecule has 2 aliphatic heterocycles. The molecule has 1 atom stereocenters. The summed E-state index contributed by atoms with van der Waals surface area (Å²) in [6.07, 6.45) is -0.633. The summed E-state index contributed by atoms with van der Waals surface area (Å²) in [5.41, 5.74) is 0.839. The largest absolute Gasteiger partial charge is 0.479 e. The lowest BCUT2D eigenvalue weighted by atomic mass is 10.2. The molecular formula is C20H20ClN3O5S. The molecule has 8 nitrogen and oxygen atoms in total. The van der Waals surface area contributed by atoms with Gasteiger partial charge in [0.25, 0.3) is 11.8 Å². The van der Waals surface area contributed by atoms with Crippen molar-refractivity contribution >= 4 is 39.1 Å². The summed E-state index contributed by atoms with van der Waals surface area (Å²) in [6, 6.07) is 11.0. The highest BCUT2D eigenvalue weighted by atomic mass is 35.5. The molecule has 2 aromatic rings. The first-order chi connectivity index (χ1) is 14.3. The van der Waals surface area contributed by atoms with Crippen LogP contribution < -0.4 is 10.1 Å². The van der Waals surface area contributed by atoms with Crippen molar-refractivity contribution in [3.63, 3.8) is 0 Å². The minimum atomic E-state index is -3.77. The number of anilines is 1. The third kappa shape index (κ3) is 3.88. The SMILES string of the molecule is CC1Oc2ccc(S(=O)(=O)N3CCN(C(=O)c4ccc(Cl)cc4)CC3)cc2NC1=O. The lowest BCUT2D eigenvalue weighted by molar-refractivity contribution is -0.122. The topological polar surface area (TPSA) is 96.0 Å². The van der Waals surface area contributed by atoms with Crippen molar-refractivity contribution in [2.45, 2.75) is 17.9 Å². The fourth-order valence-corrected chi connectivity index (χ4v) is 4.98. The van der Waals surface area contributed by atoms with Gasteiger partial charge in [0.05, 0.1) is 10.6 Å². The van der Waals surface area contributed by atoms with E-state index in [2.05, 4.69) is 5.32 Å². The van der Waals surface area contributed by atoms with Gasteiger partial charge in [-0.3, -0.25) is 9.59 Å². The molecule has 1 fully saturated rings. The molecule has 0 saturated carbocycles. The number of sulfonamides is 1. The van der Waals surface area contributed by atoms with E-state index < -0.39 is 16.1 Å². The Morgan fingerprint density at radius 3 is 2.43 bits per heavy atom. The predicted molar refractivity (Wildman–Crippen MR) is 111 cm³/mol. The van der Waals surface area contributed by atoms with Crippen LogP contribution in [0.2, 0.25) is 5.02 Å². The third-order valence-corrected chi connectivity index (χ3v) is 7.28. The number of carbonyl (C=O) groups excluding carboxylic acids is 2. The van der Waals surface area contributed by atoms with Crippen LogP contribution >= 0.6 is 11.6 Å². The minimum absolute atomic E-state index is 0.0668. The molecule has 10 heteroatoms. The molecule has 2 heterocycles. The average molecular weight is 450 g/mol. The number of benzene rings is 2. The Labute approximate surface area is 179 Å². The Morgan fingerprint density at radius 2 is 1.77 bits per heavy atom. The fourth-order valence-electron chi connectivity index (χ4n) is 3.40. The smallest absolute Gasteiger partial charge is 0.265 e. The summed E-state index contributed by atoms with van der Waals surface area (Å²) < 4.78 is 32.9. The van der Waals surface area contributed by atoms with Crippen molar-refractivity contribution in [2.75, 3.05) is 31.5 Å². The van der Waals surface area contributed by atoms with Crippen molar-refractivity contribution in [3.05, 3.63) is 53.1 Å². The van der Waals surface area contributed by atoms with Crippen molar-refractivity contribution < 1.29 is 22.7 Å². The van der Waals surface area contributed by atoms with Gasteiger partial charge in [0.1, 0.15) is 5.75 Å². The molecule has 0 aliphatic carbocycles. The highest BCUT2D eigenvalue weighted by Crippen LogP contribution is 2.33. The number of nitrogens with one attached hydrogen (secondary N) is 1. The van der Waals surface area contributed by atoms with Crippen LogP contribution in [-0.2, 0) is 14.8 Å². The van der Waals surface area contributed by atoms with E-state index >= 15 is 0 Å². The van der Waals surface area contributed by atoms with Crippen molar-refractivity contribution in [1.82, 2.24) is 9.21 Å². The molecule has 0 bridgehead atoms. The van der Waals surface area contributed by atoms with Gasteiger partial charge >= 0.3 is 0 Å². The van der Waals surface area contributed by atoms with Crippen molar-refractivity contribution in [1.29, 1.82) is 0 Å². The number of hydrogen-bond acceptors (Lipinski definition) is 5. The second-order valence-corrected chi connectivity index (χ2v) is 9.48. The monoisotopic (exact) mass is 449 g/mol. The number of piperazine rings is 1. The summed E-state index contributed by atoms with van der Waals surface area (Å²) in [5, 5.41) is 3.20. The molecule has 1 saturated heterocycles. The summed E-state index contributed by atoms with van der Waals surface area (Å²) in [5.74, 6) is -0.0581. The number of fused-ring (bicyclic) bond motifs is 1. The number of rotatable bonds is 3. The van der Waals surface area contributed by atoms with Crippen LogP contribution in [0.5, 0.6) is 5.75 Å². The number of ether oxygens (including phenoxy) is 1. The van der Waals surface area contributed by atoms with Gasteiger partial charge in [-0.2, -0.15) is 4.31 Å². The molecular weight excluding hydrogens is 430 g/mol. The average Bonchev–Trinajstić information content (AvgIpc) is 2.74. The molecule has 0 radical (unpaired) electrons. The molecule has 2 aliphatic rings. The Balaban J connectivity index is 1.46. The highest BCUT2D eigenvalue weighted by Gasteiger charge is 2.32. The van der Waals surface area contributed by atoms with Crippen LogP contribution in [0.4, 0.5) is 5.69 Å². The molecule has 2 amide bonds. The van der Waals surface area contributed by atoms with Gasteiger partial charge < -0.3 is 15.0 Å². The Kier molecular flexibility index (Phi) is 5.44. The number of halogens is 1. The lowest BCUT2D eigenvalue weighted by Crippen LogP contribution is -2.50. The second-order valence-electron chi connectivity index (χ2n) is 7.11. The van der Waals surface area contributed by atoms with Crippen LogP contribution in [0.3, 0.4) is 0 Å². The summed E-state index contributed by atoms with van der Waals surface area (Å²) in [6.45, 7) is 2.54. The van der Waals surface area contributed by atoms with Crippen LogP contribution in [0.1, 0.15) is 17.3 Å². The van der Waals surface area contributed by atoms with E-state index in [4.69, 9.17) is 16.3 Å². The fraction of sp³-hybridized carbons (Fsp3) is 0.300. The lowest BCUT2D eigenvalue weighted by Gasteiger charge is -2.34. The minimum Gasteiger partial charge on any atom is -0.479 e.